The SMILES string of the molecule is C=C(CN(C)Cc1ccccc1)C(=O)/C(=C\c1ccc(Cl)c(Cl)c1)c1ccccc1. The third kappa shape index (κ3) is 5.93. The zero-order valence-corrected chi connectivity index (χ0v) is 18.3. The van der Waals surface area contributed by atoms with Crippen molar-refractivity contribution in [3.8, 4) is 0 Å². The number of carbonyl (C=O) groups excluding carboxylic acids is 1. The summed E-state index contributed by atoms with van der Waals surface area (Å²) in [5.41, 5.74) is 3.94. The van der Waals surface area contributed by atoms with Crippen molar-refractivity contribution in [2.75, 3.05) is 13.6 Å². The van der Waals surface area contributed by atoms with Gasteiger partial charge in [0.1, 0.15) is 0 Å². The predicted octanol–water partition coefficient (Wildman–Crippen LogP) is 6.79. The molecule has 0 bridgehead atoms. The molecule has 0 aliphatic heterocycles. The third-order valence-electron chi connectivity index (χ3n) is 4.66. The normalized spacial score (nSPS) is 11.5. The summed E-state index contributed by atoms with van der Waals surface area (Å²) in [6.45, 7) is 5.29. The molecule has 0 aliphatic rings. The smallest absolute Gasteiger partial charge is 0.190 e. The largest absolute Gasteiger partial charge is 0.298 e. The molecule has 0 saturated heterocycles. The number of halogens is 2. The first kappa shape index (κ1) is 22.0. The molecular formula is C26H23Cl2NO. The summed E-state index contributed by atoms with van der Waals surface area (Å²) in [4.78, 5) is 15.4. The zero-order chi connectivity index (χ0) is 21.5. The van der Waals surface area contributed by atoms with Gasteiger partial charge >= 0.3 is 0 Å². The minimum atomic E-state index is -0.0906. The Morgan fingerprint density at radius 1 is 0.933 bits per heavy atom. The average Bonchev–Trinajstić information content (AvgIpc) is 2.75. The number of hydrogen-bond donors (Lipinski definition) is 0. The zero-order valence-electron chi connectivity index (χ0n) is 16.8. The highest BCUT2D eigenvalue weighted by molar-refractivity contribution is 6.42. The number of carbonyl (C=O) groups is 1. The Bertz CT molecular complexity index is 1060. The molecular weight excluding hydrogens is 413 g/mol. The van der Waals surface area contributed by atoms with Crippen molar-refractivity contribution in [2.24, 2.45) is 0 Å². The van der Waals surface area contributed by atoms with E-state index in [2.05, 4.69) is 23.6 Å². The number of hydrogen-bond acceptors (Lipinski definition) is 2. The summed E-state index contributed by atoms with van der Waals surface area (Å²) in [6.07, 6.45) is 1.84. The summed E-state index contributed by atoms with van der Waals surface area (Å²) < 4.78 is 0. The van der Waals surface area contributed by atoms with Gasteiger partial charge in [-0.05, 0) is 41.9 Å². The molecule has 30 heavy (non-hydrogen) atoms. The second kappa shape index (κ2) is 10.4. The summed E-state index contributed by atoms with van der Waals surface area (Å²) in [6, 6.07) is 25.1. The Morgan fingerprint density at radius 2 is 1.57 bits per heavy atom. The van der Waals surface area contributed by atoms with Crippen LogP contribution in [0.1, 0.15) is 16.7 Å². The van der Waals surface area contributed by atoms with Crippen molar-refractivity contribution >= 4 is 40.6 Å². The molecule has 0 fully saturated rings. The van der Waals surface area contributed by atoms with Gasteiger partial charge in [0.05, 0.1) is 10.0 Å². The molecule has 0 amide bonds. The van der Waals surface area contributed by atoms with E-state index in [-0.39, 0.29) is 5.78 Å². The second-order valence-electron chi connectivity index (χ2n) is 7.19. The van der Waals surface area contributed by atoms with Gasteiger partial charge in [-0.3, -0.25) is 9.69 Å². The Hall–Kier alpha value is -2.65. The van der Waals surface area contributed by atoms with E-state index in [9.17, 15) is 4.79 Å². The summed E-state index contributed by atoms with van der Waals surface area (Å²) in [5.74, 6) is -0.0906. The number of Topliss-reactive ketones (excluding diaryl/α,β-unsaturated/α-hetero) is 1. The predicted molar refractivity (Wildman–Crippen MR) is 128 cm³/mol. The highest BCUT2D eigenvalue weighted by atomic mass is 35.5. The lowest BCUT2D eigenvalue weighted by molar-refractivity contribution is -0.110. The minimum absolute atomic E-state index is 0.0906. The maximum atomic E-state index is 13.3. The lowest BCUT2D eigenvalue weighted by Gasteiger charge is -2.18. The Kier molecular flexibility index (Phi) is 7.64. The van der Waals surface area contributed by atoms with E-state index in [0.29, 0.717) is 27.7 Å². The van der Waals surface area contributed by atoms with Crippen LogP contribution in [0.4, 0.5) is 0 Å². The van der Waals surface area contributed by atoms with Gasteiger partial charge in [-0.15, -0.1) is 0 Å². The second-order valence-corrected chi connectivity index (χ2v) is 8.00. The molecule has 0 N–H and O–H groups in total. The van der Waals surface area contributed by atoms with Crippen LogP contribution < -0.4 is 0 Å². The van der Waals surface area contributed by atoms with E-state index in [1.165, 1.54) is 5.56 Å². The van der Waals surface area contributed by atoms with Gasteiger partial charge < -0.3 is 0 Å². The summed E-state index contributed by atoms with van der Waals surface area (Å²) in [5, 5.41) is 0.931. The van der Waals surface area contributed by atoms with E-state index in [4.69, 9.17) is 23.2 Å². The van der Waals surface area contributed by atoms with Crippen LogP contribution in [0, 0.1) is 0 Å². The van der Waals surface area contributed by atoms with Crippen molar-refractivity contribution in [2.45, 2.75) is 6.54 Å². The van der Waals surface area contributed by atoms with Gasteiger partial charge in [-0.25, -0.2) is 0 Å². The average molecular weight is 436 g/mol. The van der Waals surface area contributed by atoms with E-state index in [1.807, 2.05) is 67.7 Å². The third-order valence-corrected chi connectivity index (χ3v) is 5.40. The molecule has 4 heteroatoms. The lowest BCUT2D eigenvalue weighted by atomic mass is 9.95. The maximum Gasteiger partial charge on any atom is 0.190 e. The Labute approximate surface area is 188 Å². The lowest BCUT2D eigenvalue weighted by Crippen LogP contribution is -2.23. The van der Waals surface area contributed by atoms with Crippen molar-refractivity contribution in [1.82, 2.24) is 4.90 Å². The molecule has 0 heterocycles. The number of rotatable bonds is 8. The number of likely N-dealkylation sites (N-methyl/N-ethyl adjacent to an activating group) is 1. The molecule has 0 radical (unpaired) electrons. The first-order valence-corrected chi connectivity index (χ1v) is 10.4. The quantitative estimate of drug-likeness (QED) is 0.286. The Morgan fingerprint density at radius 3 is 2.20 bits per heavy atom. The standard InChI is InChI=1S/C26H23Cl2NO/c1-19(17-29(2)18-20-9-5-3-6-10-20)26(30)23(22-11-7-4-8-12-22)15-21-13-14-24(27)25(28)16-21/h3-16H,1,17-18H2,2H3/b23-15-. The fourth-order valence-corrected chi connectivity index (χ4v) is 3.51. The van der Waals surface area contributed by atoms with Gasteiger partial charge in [0.15, 0.2) is 5.78 Å². The molecule has 3 aromatic rings. The van der Waals surface area contributed by atoms with E-state index in [0.717, 1.165) is 17.7 Å². The fourth-order valence-electron chi connectivity index (χ4n) is 3.21. The molecule has 3 aromatic carbocycles. The number of allylic oxidation sites excluding steroid dienone is 1. The molecule has 3 rings (SSSR count). The molecule has 152 valence electrons. The minimum Gasteiger partial charge on any atom is -0.298 e. The highest BCUT2D eigenvalue weighted by Crippen LogP contribution is 2.27. The van der Waals surface area contributed by atoms with Crippen molar-refractivity contribution in [1.29, 1.82) is 0 Å². The van der Waals surface area contributed by atoms with Crippen LogP contribution in [-0.4, -0.2) is 24.3 Å². The first-order chi connectivity index (χ1) is 14.4. The van der Waals surface area contributed by atoms with Crippen LogP contribution in [0.15, 0.2) is 91.0 Å². The molecule has 0 aliphatic carbocycles. The van der Waals surface area contributed by atoms with Crippen molar-refractivity contribution < 1.29 is 4.79 Å². The molecule has 0 saturated carbocycles. The monoisotopic (exact) mass is 435 g/mol. The van der Waals surface area contributed by atoms with Gasteiger partial charge in [-0.2, -0.15) is 0 Å². The molecule has 0 atom stereocenters. The molecule has 0 aromatic heterocycles. The van der Waals surface area contributed by atoms with Crippen LogP contribution in [0.3, 0.4) is 0 Å². The van der Waals surface area contributed by atoms with Gasteiger partial charge in [0.2, 0.25) is 0 Å². The van der Waals surface area contributed by atoms with Gasteiger partial charge in [0.25, 0.3) is 0 Å². The summed E-state index contributed by atoms with van der Waals surface area (Å²) >= 11 is 12.2. The number of ketones is 1. The van der Waals surface area contributed by atoms with Crippen LogP contribution in [0.2, 0.25) is 10.0 Å². The maximum absolute atomic E-state index is 13.3. The van der Waals surface area contributed by atoms with E-state index in [1.54, 1.807) is 12.1 Å². The Balaban J connectivity index is 1.83. The first-order valence-electron chi connectivity index (χ1n) is 9.61. The van der Waals surface area contributed by atoms with Crippen molar-refractivity contribution in [3.63, 3.8) is 0 Å². The van der Waals surface area contributed by atoms with Crippen LogP contribution in [0.25, 0.3) is 11.6 Å². The van der Waals surface area contributed by atoms with E-state index >= 15 is 0 Å². The van der Waals surface area contributed by atoms with E-state index < -0.39 is 0 Å². The van der Waals surface area contributed by atoms with Crippen LogP contribution >= 0.6 is 23.2 Å². The van der Waals surface area contributed by atoms with Crippen LogP contribution in [-0.2, 0) is 11.3 Å². The summed E-state index contributed by atoms with van der Waals surface area (Å²) in [7, 11) is 1.98. The van der Waals surface area contributed by atoms with Crippen LogP contribution in [0.5, 0.6) is 0 Å². The number of nitrogens with zero attached hydrogens (tertiary/aromatic N) is 1. The highest BCUT2D eigenvalue weighted by Gasteiger charge is 2.17. The molecule has 0 unspecified atom stereocenters. The molecule has 2 nitrogen and oxygen atoms in total. The fraction of sp³-hybridized carbons (Fsp3) is 0.115. The topological polar surface area (TPSA) is 20.3 Å². The van der Waals surface area contributed by atoms with Gasteiger partial charge in [-0.1, -0.05) is 96.5 Å². The number of benzene rings is 3. The van der Waals surface area contributed by atoms with Gasteiger partial charge in [0, 0.05) is 24.2 Å². The molecule has 0 spiro atoms. The van der Waals surface area contributed by atoms with Crippen molar-refractivity contribution in [3.05, 3.63) is 118 Å².